The average Bonchev–Trinajstić information content (AvgIpc) is 3.05. The van der Waals surface area contributed by atoms with Gasteiger partial charge in [-0.05, 0) is 26.0 Å². The fourth-order valence-electron chi connectivity index (χ4n) is 2.34. The van der Waals surface area contributed by atoms with Crippen molar-refractivity contribution >= 4 is 34.0 Å². The van der Waals surface area contributed by atoms with E-state index in [4.69, 9.17) is 16.3 Å². The van der Waals surface area contributed by atoms with Crippen LogP contribution in [0.15, 0.2) is 23.7 Å². The smallest absolute Gasteiger partial charge is 0.147 e. The SMILES string of the molecule is CCOc1cccc2c1nc(CCl)n2Cc1scnc1C. The minimum atomic E-state index is 0.373. The van der Waals surface area contributed by atoms with E-state index in [0.717, 1.165) is 34.8 Å². The lowest BCUT2D eigenvalue weighted by Gasteiger charge is -2.07. The number of fused-ring (bicyclic) bond motifs is 1. The van der Waals surface area contributed by atoms with Crippen LogP contribution < -0.4 is 4.74 Å². The molecule has 0 spiro atoms. The van der Waals surface area contributed by atoms with Crippen molar-refractivity contribution in [2.24, 2.45) is 0 Å². The van der Waals surface area contributed by atoms with Gasteiger partial charge in [0, 0.05) is 4.88 Å². The number of hydrogen-bond acceptors (Lipinski definition) is 4. The Morgan fingerprint density at radius 3 is 2.90 bits per heavy atom. The van der Waals surface area contributed by atoms with Crippen LogP contribution in [0.3, 0.4) is 0 Å². The maximum atomic E-state index is 6.08. The molecule has 4 nitrogen and oxygen atoms in total. The van der Waals surface area contributed by atoms with Crippen molar-refractivity contribution in [3.8, 4) is 5.75 Å². The van der Waals surface area contributed by atoms with E-state index < -0.39 is 0 Å². The van der Waals surface area contributed by atoms with Crippen LogP contribution in [0.5, 0.6) is 5.75 Å². The third-order valence-electron chi connectivity index (χ3n) is 3.39. The van der Waals surface area contributed by atoms with Gasteiger partial charge in [-0.15, -0.1) is 22.9 Å². The fraction of sp³-hybridized carbons (Fsp3) is 0.333. The van der Waals surface area contributed by atoms with Crippen molar-refractivity contribution < 1.29 is 4.74 Å². The molecule has 3 rings (SSSR count). The molecule has 0 saturated carbocycles. The molecule has 2 aromatic heterocycles. The zero-order valence-electron chi connectivity index (χ0n) is 12.0. The van der Waals surface area contributed by atoms with Crippen LogP contribution in [0.25, 0.3) is 11.0 Å². The predicted molar refractivity (Wildman–Crippen MR) is 86.4 cm³/mol. The number of para-hydroxylation sites is 1. The maximum absolute atomic E-state index is 6.08. The van der Waals surface area contributed by atoms with Gasteiger partial charge < -0.3 is 9.30 Å². The number of rotatable bonds is 5. The Labute approximate surface area is 132 Å². The van der Waals surface area contributed by atoms with E-state index in [1.54, 1.807) is 11.3 Å². The summed E-state index contributed by atoms with van der Waals surface area (Å²) in [6, 6.07) is 5.99. The van der Waals surface area contributed by atoms with Crippen LogP contribution >= 0.6 is 22.9 Å². The normalized spacial score (nSPS) is 11.2. The molecular weight excluding hydrogens is 306 g/mol. The van der Waals surface area contributed by atoms with E-state index in [1.807, 2.05) is 31.5 Å². The van der Waals surface area contributed by atoms with Gasteiger partial charge in [-0.1, -0.05) is 6.07 Å². The minimum Gasteiger partial charge on any atom is -0.492 e. The first-order chi connectivity index (χ1) is 10.2. The van der Waals surface area contributed by atoms with E-state index in [2.05, 4.69) is 20.6 Å². The Kier molecular flexibility index (Phi) is 4.12. The summed E-state index contributed by atoms with van der Waals surface area (Å²) in [6.07, 6.45) is 0. The second-order valence-electron chi connectivity index (χ2n) is 4.67. The first-order valence-corrected chi connectivity index (χ1v) is 8.21. The molecule has 110 valence electrons. The van der Waals surface area contributed by atoms with Crippen LogP contribution in [0.4, 0.5) is 0 Å². The highest BCUT2D eigenvalue weighted by atomic mass is 35.5. The summed E-state index contributed by atoms with van der Waals surface area (Å²) in [5, 5.41) is 0. The molecule has 21 heavy (non-hydrogen) atoms. The van der Waals surface area contributed by atoms with Gasteiger partial charge in [0.25, 0.3) is 0 Å². The molecule has 0 fully saturated rings. The molecule has 0 aliphatic rings. The summed E-state index contributed by atoms with van der Waals surface area (Å²) >= 11 is 7.73. The van der Waals surface area contributed by atoms with Crippen molar-refractivity contribution in [3.63, 3.8) is 0 Å². The minimum absolute atomic E-state index is 0.373. The highest BCUT2D eigenvalue weighted by molar-refractivity contribution is 7.09. The molecule has 0 radical (unpaired) electrons. The van der Waals surface area contributed by atoms with Gasteiger partial charge in [-0.2, -0.15) is 0 Å². The summed E-state index contributed by atoms with van der Waals surface area (Å²) in [5.74, 6) is 2.03. The van der Waals surface area contributed by atoms with Crippen molar-refractivity contribution in [1.82, 2.24) is 14.5 Å². The summed E-state index contributed by atoms with van der Waals surface area (Å²) in [7, 11) is 0. The molecule has 0 amide bonds. The lowest BCUT2D eigenvalue weighted by molar-refractivity contribution is 0.343. The third kappa shape index (κ3) is 2.63. The summed E-state index contributed by atoms with van der Waals surface area (Å²) in [6.45, 7) is 5.36. The largest absolute Gasteiger partial charge is 0.492 e. The van der Waals surface area contributed by atoms with Crippen LogP contribution in [0, 0.1) is 6.92 Å². The van der Waals surface area contributed by atoms with Gasteiger partial charge in [0.15, 0.2) is 0 Å². The number of benzene rings is 1. The van der Waals surface area contributed by atoms with Gasteiger partial charge in [0.2, 0.25) is 0 Å². The van der Waals surface area contributed by atoms with Gasteiger partial charge in [-0.3, -0.25) is 0 Å². The molecule has 3 aromatic rings. The molecule has 0 N–H and O–H groups in total. The van der Waals surface area contributed by atoms with Gasteiger partial charge >= 0.3 is 0 Å². The number of aryl methyl sites for hydroxylation is 1. The number of imidazole rings is 1. The van der Waals surface area contributed by atoms with Crippen LogP contribution in [-0.4, -0.2) is 21.1 Å². The summed E-state index contributed by atoms with van der Waals surface area (Å²) in [4.78, 5) is 10.2. The number of thiazole rings is 1. The Morgan fingerprint density at radius 1 is 1.38 bits per heavy atom. The highest BCUT2D eigenvalue weighted by Crippen LogP contribution is 2.28. The molecule has 2 heterocycles. The molecule has 0 bridgehead atoms. The quantitative estimate of drug-likeness (QED) is 0.667. The molecule has 6 heteroatoms. The van der Waals surface area contributed by atoms with E-state index in [1.165, 1.54) is 4.88 Å². The molecule has 1 aromatic carbocycles. The number of aromatic nitrogens is 3. The van der Waals surface area contributed by atoms with E-state index in [9.17, 15) is 0 Å². The predicted octanol–water partition coefficient (Wildman–Crippen LogP) is 3.99. The van der Waals surface area contributed by atoms with Crippen LogP contribution in [-0.2, 0) is 12.4 Å². The second kappa shape index (κ2) is 6.03. The van der Waals surface area contributed by atoms with Crippen molar-refractivity contribution in [2.75, 3.05) is 6.61 Å². The zero-order valence-corrected chi connectivity index (χ0v) is 13.5. The summed E-state index contributed by atoms with van der Waals surface area (Å²) in [5.41, 5.74) is 4.85. The lowest BCUT2D eigenvalue weighted by Crippen LogP contribution is -2.03. The molecule has 0 saturated heterocycles. The average molecular weight is 322 g/mol. The lowest BCUT2D eigenvalue weighted by atomic mass is 10.3. The Bertz CT molecular complexity index is 765. The zero-order chi connectivity index (χ0) is 14.8. The van der Waals surface area contributed by atoms with Crippen molar-refractivity contribution in [2.45, 2.75) is 26.3 Å². The van der Waals surface area contributed by atoms with E-state index >= 15 is 0 Å². The standard InChI is InChI=1S/C15H16ClN3OS/c1-3-20-12-6-4-5-11-15(12)18-14(7-16)19(11)8-13-10(2)17-9-21-13/h4-6,9H,3,7-8H2,1-2H3. The third-order valence-corrected chi connectivity index (χ3v) is 4.55. The molecule has 0 aliphatic carbocycles. The second-order valence-corrected chi connectivity index (χ2v) is 5.87. The first kappa shape index (κ1) is 14.4. The summed E-state index contributed by atoms with van der Waals surface area (Å²) < 4.78 is 7.81. The van der Waals surface area contributed by atoms with Crippen LogP contribution in [0.2, 0.25) is 0 Å². The van der Waals surface area contributed by atoms with Crippen molar-refractivity contribution in [1.29, 1.82) is 0 Å². The fourth-order valence-corrected chi connectivity index (χ4v) is 3.31. The van der Waals surface area contributed by atoms with E-state index in [-0.39, 0.29) is 0 Å². The van der Waals surface area contributed by atoms with Crippen molar-refractivity contribution in [3.05, 3.63) is 40.1 Å². The highest BCUT2D eigenvalue weighted by Gasteiger charge is 2.15. The number of alkyl halides is 1. The number of hydrogen-bond donors (Lipinski definition) is 0. The van der Waals surface area contributed by atoms with E-state index in [0.29, 0.717) is 12.5 Å². The Morgan fingerprint density at radius 2 is 2.24 bits per heavy atom. The molecule has 0 aliphatic heterocycles. The number of ether oxygens (including phenoxy) is 1. The topological polar surface area (TPSA) is 39.9 Å². The Balaban J connectivity index is 2.12. The molecule has 0 unspecified atom stereocenters. The first-order valence-electron chi connectivity index (χ1n) is 6.80. The molecular formula is C15H16ClN3OS. The van der Waals surface area contributed by atoms with Gasteiger partial charge in [0.1, 0.15) is 17.1 Å². The Hall–Kier alpha value is -1.59. The molecule has 0 atom stereocenters. The monoisotopic (exact) mass is 321 g/mol. The van der Waals surface area contributed by atoms with Gasteiger partial charge in [0.05, 0.1) is 35.8 Å². The van der Waals surface area contributed by atoms with Crippen LogP contribution in [0.1, 0.15) is 23.3 Å². The number of halogens is 1. The van der Waals surface area contributed by atoms with Gasteiger partial charge in [-0.25, -0.2) is 9.97 Å². The maximum Gasteiger partial charge on any atom is 0.147 e. The number of nitrogens with zero attached hydrogens (tertiary/aromatic N) is 3.